The van der Waals surface area contributed by atoms with Gasteiger partial charge in [0.25, 0.3) is 0 Å². The largest absolute Gasteiger partial charge is 0.478 e. The number of hydrogen-bond acceptors (Lipinski definition) is 4. The summed E-state index contributed by atoms with van der Waals surface area (Å²) in [5, 5.41) is 14.8. The lowest BCUT2D eigenvalue weighted by Crippen LogP contribution is -2.39. The highest BCUT2D eigenvalue weighted by Gasteiger charge is 2.19. The number of aromatic carboxylic acids is 1. The van der Waals surface area contributed by atoms with Gasteiger partial charge in [-0.2, -0.15) is 0 Å². The molecule has 2 rings (SSSR count). The number of aromatic nitrogens is 1. The van der Waals surface area contributed by atoms with Crippen LogP contribution in [0, 0.1) is 0 Å². The van der Waals surface area contributed by atoms with E-state index in [4.69, 9.17) is 5.11 Å². The molecule has 1 fully saturated rings. The molecule has 6 nitrogen and oxygen atoms in total. The first kappa shape index (κ1) is 13.5. The molecule has 1 unspecified atom stereocenters. The summed E-state index contributed by atoms with van der Waals surface area (Å²) in [5.74, 6) is -1.19. The molecule has 2 heterocycles. The van der Waals surface area contributed by atoms with Gasteiger partial charge in [0.1, 0.15) is 0 Å². The van der Waals surface area contributed by atoms with Crippen LogP contribution >= 0.6 is 0 Å². The topological polar surface area (TPSA) is 91.3 Å². The number of rotatable bonds is 3. The van der Waals surface area contributed by atoms with Crippen LogP contribution in [0.15, 0.2) is 18.5 Å². The molecule has 1 aliphatic heterocycles. The summed E-state index contributed by atoms with van der Waals surface area (Å²) in [5.41, 5.74) is 0.475. The van der Waals surface area contributed by atoms with E-state index in [2.05, 4.69) is 15.6 Å². The van der Waals surface area contributed by atoms with Gasteiger partial charge in [-0.3, -0.25) is 9.78 Å². The molecule has 0 radical (unpaired) electrons. The van der Waals surface area contributed by atoms with Crippen molar-refractivity contribution in [3.63, 3.8) is 0 Å². The van der Waals surface area contributed by atoms with Gasteiger partial charge < -0.3 is 15.7 Å². The van der Waals surface area contributed by atoms with Gasteiger partial charge in [-0.05, 0) is 25.5 Å². The molecule has 1 aromatic rings. The third-order valence-corrected chi connectivity index (χ3v) is 3.13. The molecule has 0 aliphatic carbocycles. The Morgan fingerprint density at radius 1 is 1.32 bits per heavy atom. The van der Waals surface area contributed by atoms with E-state index in [0.717, 1.165) is 32.2 Å². The van der Waals surface area contributed by atoms with E-state index in [1.54, 1.807) is 0 Å². The van der Waals surface area contributed by atoms with Crippen molar-refractivity contribution < 1.29 is 14.7 Å². The SMILES string of the molecule is O=C(O)c1cncc(NC(=O)C2CCCCCN2)c1. The number of pyridine rings is 1. The highest BCUT2D eigenvalue weighted by atomic mass is 16.4. The smallest absolute Gasteiger partial charge is 0.337 e. The number of carbonyl (C=O) groups is 2. The van der Waals surface area contributed by atoms with Crippen molar-refractivity contribution in [1.29, 1.82) is 0 Å². The maximum absolute atomic E-state index is 12.1. The lowest BCUT2D eigenvalue weighted by molar-refractivity contribution is -0.118. The standard InChI is InChI=1S/C13H17N3O3/c17-12(11-4-2-1-3-5-15-11)16-10-6-9(13(18)19)7-14-8-10/h6-8,11,15H,1-5H2,(H,16,17)(H,18,19). The molecule has 0 bridgehead atoms. The third-order valence-electron chi connectivity index (χ3n) is 3.13. The highest BCUT2D eigenvalue weighted by Crippen LogP contribution is 2.12. The van der Waals surface area contributed by atoms with Crippen molar-refractivity contribution in [2.75, 3.05) is 11.9 Å². The minimum absolute atomic E-state index is 0.0617. The van der Waals surface area contributed by atoms with Gasteiger partial charge >= 0.3 is 5.97 Å². The van der Waals surface area contributed by atoms with Crippen LogP contribution in [0.1, 0.15) is 36.0 Å². The zero-order valence-electron chi connectivity index (χ0n) is 10.6. The fourth-order valence-corrected chi connectivity index (χ4v) is 2.11. The van der Waals surface area contributed by atoms with E-state index in [1.165, 1.54) is 18.5 Å². The Hall–Kier alpha value is -1.95. The summed E-state index contributed by atoms with van der Waals surface area (Å²) in [7, 11) is 0. The maximum atomic E-state index is 12.1. The minimum atomic E-state index is -1.06. The average Bonchev–Trinajstić information content (AvgIpc) is 2.68. The van der Waals surface area contributed by atoms with Crippen LogP contribution in [0.4, 0.5) is 5.69 Å². The minimum Gasteiger partial charge on any atom is -0.478 e. The Bertz CT molecular complexity index is 468. The van der Waals surface area contributed by atoms with Crippen molar-refractivity contribution in [3.8, 4) is 0 Å². The molecule has 1 aliphatic rings. The van der Waals surface area contributed by atoms with Gasteiger partial charge in [0.05, 0.1) is 23.5 Å². The Morgan fingerprint density at radius 3 is 2.95 bits per heavy atom. The van der Waals surface area contributed by atoms with Gasteiger partial charge in [-0.1, -0.05) is 12.8 Å². The molecule has 6 heteroatoms. The Balaban J connectivity index is 2.01. The number of nitrogens with zero attached hydrogens (tertiary/aromatic N) is 1. The van der Waals surface area contributed by atoms with Crippen LogP contribution in [0.3, 0.4) is 0 Å². The second-order valence-corrected chi connectivity index (χ2v) is 4.61. The first-order valence-electron chi connectivity index (χ1n) is 6.39. The predicted octanol–water partition coefficient (Wildman–Crippen LogP) is 1.25. The van der Waals surface area contributed by atoms with E-state index >= 15 is 0 Å². The molecule has 19 heavy (non-hydrogen) atoms. The van der Waals surface area contributed by atoms with Gasteiger partial charge in [0.2, 0.25) is 5.91 Å². The third kappa shape index (κ3) is 3.75. The number of nitrogens with one attached hydrogen (secondary N) is 2. The highest BCUT2D eigenvalue weighted by molar-refractivity contribution is 5.96. The van der Waals surface area contributed by atoms with E-state index in [0.29, 0.717) is 5.69 Å². The summed E-state index contributed by atoms with van der Waals surface area (Å²) < 4.78 is 0. The average molecular weight is 263 g/mol. The van der Waals surface area contributed by atoms with E-state index in [9.17, 15) is 9.59 Å². The molecule has 1 amide bonds. The maximum Gasteiger partial charge on any atom is 0.337 e. The monoisotopic (exact) mass is 263 g/mol. The summed E-state index contributed by atoms with van der Waals surface area (Å²) in [6.07, 6.45) is 6.74. The number of carboxylic acid groups (broad SMARTS) is 1. The lowest BCUT2D eigenvalue weighted by Gasteiger charge is -2.15. The molecule has 102 valence electrons. The van der Waals surface area contributed by atoms with Crippen LogP contribution in [-0.2, 0) is 4.79 Å². The molecular formula is C13H17N3O3. The van der Waals surface area contributed by atoms with Crippen molar-refractivity contribution in [1.82, 2.24) is 10.3 Å². The Kier molecular flexibility index (Phi) is 4.46. The van der Waals surface area contributed by atoms with E-state index in [-0.39, 0.29) is 17.5 Å². The molecule has 0 saturated carbocycles. The van der Waals surface area contributed by atoms with Crippen LogP contribution in [0.5, 0.6) is 0 Å². The molecule has 1 saturated heterocycles. The fourth-order valence-electron chi connectivity index (χ4n) is 2.11. The number of carboxylic acids is 1. The summed E-state index contributed by atoms with van der Waals surface area (Å²) >= 11 is 0. The van der Waals surface area contributed by atoms with Crippen molar-refractivity contribution in [2.24, 2.45) is 0 Å². The second-order valence-electron chi connectivity index (χ2n) is 4.61. The predicted molar refractivity (Wildman–Crippen MR) is 70.1 cm³/mol. The second kappa shape index (κ2) is 6.29. The molecule has 0 aromatic carbocycles. The van der Waals surface area contributed by atoms with Crippen LogP contribution in [0.2, 0.25) is 0 Å². The molecule has 0 spiro atoms. The number of carbonyl (C=O) groups excluding carboxylic acids is 1. The Labute approximate surface area is 111 Å². The summed E-state index contributed by atoms with van der Waals surface area (Å²) in [6.45, 7) is 0.839. The van der Waals surface area contributed by atoms with Crippen LogP contribution in [-0.4, -0.2) is 34.6 Å². The van der Waals surface area contributed by atoms with Gasteiger partial charge in [0, 0.05) is 6.20 Å². The summed E-state index contributed by atoms with van der Waals surface area (Å²) in [4.78, 5) is 26.7. The van der Waals surface area contributed by atoms with Crippen molar-refractivity contribution >= 4 is 17.6 Å². The molecular weight excluding hydrogens is 246 g/mol. The zero-order valence-corrected chi connectivity index (χ0v) is 10.6. The lowest BCUT2D eigenvalue weighted by atomic mass is 10.1. The first-order chi connectivity index (χ1) is 9.16. The zero-order chi connectivity index (χ0) is 13.7. The van der Waals surface area contributed by atoms with Crippen molar-refractivity contribution in [2.45, 2.75) is 31.7 Å². The number of hydrogen-bond donors (Lipinski definition) is 3. The van der Waals surface area contributed by atoms with Gasteiger partial charge in [-0.25, -0.2) is 4.79 Å². The van der Waals surface area contributed by atoms with E-state index < -0.39 is 5.97 Å². The molecule has 1 aromatic heterocycles. The molecule has 3 N–H and O–H groups in total. The van der Waals surface area contributed by atoms with Gasteiger partial charge in [0.15, 0.2) is 0 Å². The Morgan fingerprint density at radius 2 is 2.16 bits per heavy atom. The normalized spacial score (nSPS) is 19.5. The van der Waals surface area contributed by atoms with Crippen LogP contribution in [0.25, 0.3) is 0 Å². The quantitative estimate of drug-likeness (QED) is 0.763. The fraction of sp³-hybridized carbons (Fsp3) is 0.462. The summed E-state index contributed by atoms with van der Waals surface area (Å²) in [6, 6.07) is 1.19. The van der Waals surface area contributed by atoms with Gasteiger partial charge in [-0.15, -0.1) is 0 Å². The van der Waals surface area contributed by atoms with Crippen LogP contribution < -0.4 is 10.6 Å². The van der Waals surface area contributed by atoms with E-state index in [1.807, 2.05) is 0 Å². The molecule has 1 atom stereocenters. The first-order valence-corrected chi connectivity index (χ1v) is 6.39. The number of anilines is 1. The van der Waals surface area contributed by atoms with Crippen molar-refractivity contribution in [3.05, 3.63) is 24.0 Å². The number of amides is 1.